The van der Waals surface area contributed by atoms with Gasteiger partial charge in [-0.1, -0.05) is 94.4 Å². The van der Waals surface area contributed by atoms with Crippen LogP contribution in [-0.2, 0) is 16.2 Å². The number of rotatable bonds is 9. The van der Waals surface area contributed by atoms with E-state index in [4.69, 9.17) is 4.74 Å². The minimum Gasteiger partial charge on any atom is -0.504 e. The molecule has 0 radical (unpaired) electrons. The lowest BCUT2D eigenvalue weighted by atomic mass is 9.72. The van der Waals surface area contributed by atoms with Crippen LogP contribution in [0.1, 0.15) is 112 Å². The molecule has 0 bridgehead atoms. The minimum absolute atomic E-state index is 0.0157. The second kappa shape index (κ2) is 12.6. The normalized spacial score (nSPS) is 13.2. The summed E-state index contributed by atoms with van der Waals surface area (Å²) >= 11 is 1.57. The smallest absolute Gasteiger partial charge is 0.158 e. The maximum absolute atomic E-state index is 12.2. The molecule has 0 unspecified atom stereocenters. The number of fused-ring (bicyclic) bond motifs is 3. The van der Waals surface area contributed by atoms with Crippen LogP contribution in [0.15, 0.2) is 60.0 Å². The zero-order chi connectivity index (χ0) is 34.5. The van der Waals surface area contributed by atoms with Crippen LogP contribution in [0, 0.1) is 5.41 Å². The maximum atomic E-state index is 12.2. The van der Waals surface area contributed by atoms with E-state index in [2.05, 4.69) is 141 Å². The van der Waals surface area contributed by atoms with Gasteiger partial charge in [-0.25, -0.2) is 0 Å². The Balaban J connectivity index is 1.72. The van der Waals surface area contributed by atoms with Gasteiger partial charge in [0.05, 0.1) is 17.6 Å². The summed E-state index contributed by atoms with van der Waals surface area (Å²) in [5.74, 6) is 1.02. The van der Waals surface area contributed by atoms with Crippen molar-refractivity contribution in [2.45, 2.75) is 112 Å². The molecule has 4 nitrogen and oxygen atoms in total. The van der Waals surface area contributed by atoms with Gasteiger partial charge in [-0.2, -0.15) is 0 Å². The first-order chi connectivity index (χ1) is 21.8. The van der Waals surface area contributed by atoms with E-state index >= 15 is 0 Å². The Bertz CT molecular complexity index is 1810. The lowest BCUT2D eigenvalue weighted by Crippen LogP contribution is -2.24. The number of aromatic hydroxyl groups is 1. The van der Waals surface area contributed by atoms with Crippen molar-refractivity contribution in [1.29, 1.82) is 0 Å². The average molecular weight is 654 g/mol. The maximum Gasteiger partial charge on any atom is 0.158 e. The van der Waals surface area contributed by atoms with Gasteiger partial charge in [-0.3, -0.25) is 4.57 Å². The number of thiophene rings is 1. The van der Waals surface area contributed by atoms with Gasteiger partial charge in [-0.05, 0) is 94.0 Å². The molecular formula is C42H55NO3S. The number of unbranched alkanes of at least 4 members (excludes halogenated alkanes) is 1. The highest BCUT2D eigenvalue weighted by Crippen LogP contribution is 2.48. The van der Waals surface area contributed by atoms with Crippen molar-refractivity contribution in [2.24, 2.45) is 5.41 Å². The fourth-order valence-electron chi connectivity index (χ4n) is 6.98. The van der Waals surface area contributed by atoms with Crippen LogP contribution in [-0.4, -0.2) is 28.0 Å². The number of hydrogen-bond donors (Lipinski definition) is 2. The summed E-state index contributed by atoms with van der Waals surface area (Å²) in [6.07, 6.45) is 2.48. The molecule has 0 aliphatic rings. The van der Waals surface area contributed by atoms with Crippen molar-refractivity contribution in [1.82, 2.24) is 4.57 Å². The van der Waals surface area contributed by atoms with E-state index in [-0.39, 0.29) is 34.0 Å². The van der Waals surface area contributed by atoms with E-state index in [1.165, 1.54) is 27.5 Å². The lowest BCUT2D eigenvalue weighted by Gasteiger charge is -2.33. The molecule has 0 saturated carbocycles. The summed E-state index contributed by atoms with van der Waals surface area (Å²) in [5.41, 5.74) is 7.78. The molecule has 5 heteroatoms. The van der Waals surface area contributed by atoms with Crippen LogP contribution in [0.25, 0.3) is 37.9 Å². The molecule has 3 aromatic carbocycles. The monoisotopic (exact) mass is 653 g/mol. The van der Waals surface area contributed by atoms with Gasteiger partial charge in [0.1, 0.15) is 10.8 Å². The summed E-state index contributed by atoms with van der Waals surface area (Å²) in [5, 5.41) is 26.8. The molecule has 5 aromatic rings. The summed E-state index contributed by atoms with van der Waals surface area (Å²) < 4.78 is 8.56. The second-order valence-corrected chi connectivity index (χ2v) is 18.1. The van der Waals surface area contributed by atoms with Gasteiger partial charge in [0, 0.05) is 33.9 Å². The Morgan fingerprint density at radius 3 is 1.74 bits per heavy atom. The quantitative estimate of drug-likeness (QED) is 0.156. The molecule has 0 saturated heterocycles. The number of aliphatic hydroxyl groups is 1. The van der Waals surface area contributed by atoms with Crippen LogP contribution in [0.5, 0.6) is 11.5 Å². The minimum atomic E-state index is -0.0702. The third-order valence-corrected chi connectivity index (χ3v) is 10.2. The summed E-state index contributed by atoms with van der Waals surface area (Å²) in [7, 11) is 0. The van der Waals surface area contributed by atoms with E-state index in [1.807, 2.05) is 0 Å². The zero-order valence-corrected chi connectivity index (χ0v) is 31.3. The predicted molar refractivity (Wildman–Crippen MR) is 202 cm³/mol. The first-order valence-electron chi connectivity index (χ1n) is 17.1. The molecule has 0 atom stereocenters. The Morgan fingerprint density at radius 2 is 1.23 bits per heavy atom. The van der Waals surface area contributed by atoms with Gasteiger partial charge in [0.25, 0.3) is 0 Å². The lowest BCUT2D eigenvalue weighted by molar-refractivity contribution is 0.253. The van der Waals surface area contributed by atoms with E-state index in [0.29, 0.717) is 13.0 Å². The Kier molecular flexibility index (Phi) is 9.42. The average Bonchev–Trinajstić information content (AvgIpc) is 3.49. The van der Waals surface area contributed by atoms with E-state index in [9.17, 15) is 10.2 Å². The number of hydrogen-bond acceptors (Lipinski definition) is 4. The van der Waals surface area contributed by atoms with Crippen LogP contribution in [0.3, 0.4) is 0 Å². The largest absolute Gasteiger partial charge is 0.504 e. The number of aromatic nitrogens is 1. The van der Waals surface area contributed by atoms with Gasteiger partial charge in [-0.15, -0.1) is 11.3 Å². The van der Waals surface area contributed by atoms with E-state index < -0.39 is 0 Å². The van der Waals surface area contributed by atoms with E-state index in [1.54, 1.807) is 11.3 Å². The number of ether oxygens (including phenoxy) is 1. The predicted octanol–water partition coefficient (Wildman–Crippen LogP) is 11.7. The van der Waals surface area contributed by atoms with Gasteiger partial charge in [0.2, 0.25) is 0 Å². The zero-order valence-electron chi connectivity index (χ0n) is 30.5. The third kappa shape index (κ3) is 7.27. The molecule has 0 aliphatic heterocycles. The highest BCUT2D eigenvalue weighted by molar-refractivity contribution is 7.13. The summed E-state index contributed by atoms with van der Waals surface area (Å²) in [6.45, 7) is 25.6. The van der Waals surface area contributed by atoms with Crippen LogP contribution in [0.2, 0.25) is 0 Å². The van der Waals surface area contributed by atoms with Crippen LogP contribution >= 0.6 is 11.3 Å². The van der Waals surface area contributed by atoms with Crippen LogP contribution < -0.4 is 4.74 Å². The SMILES string of the molecule is CC(C)(C)CC(C)(C)c1ccc(OCCCCO)c(-c2csc(-n3c4ccc(C(C)(C)C)cc4c4cc(C(C)(C)C)ccc43)c2O)c1. The molecule has 2 heterocycles. The fraction of sp³-hybridized carbons (Fsp3) is 0.476. The standard InChI is InChI=1S/C42H55NO3S/c1-39(2,3)26-42(10,11)29-16-19-36(46-21-13-12-20-44)32(24-29)33-25-47-38(37(33)45)43-34-17-14-27(40(4,5)6)22-30(34)31-23-28(41(7,8)9)15-18-35(31)43/h14-19,22-25,44-45H,12-13,20-21,26H2,1-11H3. The number of aliphatic hydroxyl groups excluding tert-OH is 1. The van der Waals surface area contributed by atoms with Gasteiger partial charge < -0.3 is 14.9 Å². The summed E-state index contributed by atoms with van der Waals surface area (Å²) in [4.78, 5) is 0. The molecule has 0 fully saturated rings. The van der Waals surface area contributed by atoms with Crippen molar-refractivity contribution in [2.75, 3.05) is 13.2 Å². The molecular weight excluding hydrogens is 599 g/mol. The molecule has 0 spiro atoms. The molecule has 0 amide bonds. The first kappa shape index (κ1) is 35.0. The number of nitrogens with zero attached hydrogens (tertiary/aromatic N) is 1. The fourth-order valence-corrected chi connectivity index (χ4v) is 7.97. The van der Waals surface area contributed by atoms with Crippen molar-refractivity contribution in [3.63, 3.8) is 0 Å². The highest BCUT2D eigenvalue weighted by Gasteiger charge is 2.30. The summed E-state index contributed by atoms with van der Waals surface area (Å²) in [6, 6.07) is 20.0. The Labute approximate surface area is 286 Å². The Morgan fingerprint density at radius 1 is 0.681 bits per heavy atom. The molecule has 47 heavy (non-hydrogen) atoms. The Hall–Kier alpha value is -3.28. The molecule has 252 valence electrons. The third-order valence-electron chi connectivity index (χ3n) is 9.28. The first-order valence-corrected chi connectivity index (χ1v) is 18.0. The molecule has 2 N–H and O–H groups in total. The molecule has 5 rings (SSSR count). The van der Waals surface area contributed by atoms with Gasteiger partial charge >= 0.3 is 0 Å². The van der Waals surface area contributed by atoms with Gasteiger partial charge in [0.15, 0.2) is 5.75 Å². The van der Waals surface area contributed by atoms with Crippen molar-refractivity contribution < 1.29 is 14.9 Å². The molecule has 2 aromatic heterocycles. The van der Waals surface area contributed by atoms with Crippen molar-refractivity contribution >= 4 is 33.1 Å². The topological polar surface area (TPSA) is 54.6 Å². The molecule has 0 aliphatic carbocycles. The number of benzene rings is 3. The highest BCUT2D eigenvalue weighted by atomic mass is 32.1. The van der Waals surface area contributed by atoms with Crippen molar-refractivity contribution in [3.8, 4) is 27.6 Å². The van der Waals surface area contributed by atoms with Crippen molar-refractivity contribution in [3.05, 3.63) is 76.7 Å². The van der Waals surface area contributed by atoms with Crippen LogP contribution in [0.4, 0.5) is 0 Å². The second-order valence-electron chi connectivity index (χ2n) is 17.2. The van der Waals surface area contributed by atoms with E-state index in [0.717, 1.165) is 45.8 Å².